The van der Waals surface area contributed by atoms with Crippen molar-refractivity contribution in [1.82, 2.24) is 14.5 Å². The molecule has 1 amide bonds. The van der Waals surface area contributed by atoms with Gasteiger partial charge in [-0.15, -0.1) is 5.10 Å². The number of aliphatic hydroxyl groups excluding tert-OH is 1. The second-order valence-electron chi connectivity index (χ2n) is 4.32. The average Bonchev–Trinajstić information content (AvgIpc) is 2.78. The van der Waals surface area contributed by atoms with E-state index in [0.717, 1.165) is 18.5 Å². The van der Waals surface area contributed by atoms with Gasteiger partial charge in [0.15, 0.2) is 0 Å². The van der Waals surface area contributed by atoms with Gasteiger partial charge in [0.25, 0.3) is 5.91 Å². The molecule has 0 atom stereocenters. The highest BCUT2D eigenvalue weighted by Crippen LogP contribution is 2.18. The van der Waals surface area contributed by atoms with Gasteiger partial charge in [-0.25, -0.2) is 0 Å². The van der Waals surface area contributed by atoms with Crippen LogP contribution in [-0.4, -0.2) is 44.7 Å². The molecule has 1 aromatic heterocycles. The zero-order chi connectivity index (χ0) is 12.3. The van der Waals surface area contributed by atoms with E-state index in [-0.39, 0.29) is 12.0 Å². The second-order valence-corrected chi connectivity index (χ2v) is 5.08. The monoisotopic (exact) mass is 255 g/mol. The van der Waals surface area contributed by atoms with Crippen LogP contribution in [0.25, 0.3) is 0 Å². The Kier molecular flexibility index (Phi) is 4.06. The van der Waals surface area contributed by atoms with Gasteiger partial charge >= 0.3 is 0 Å². The highest BCUT2D eigenvalue weighted by atomic mass is 32.1. The number of rotatable bonds is 3. The fraction of sp³-hybridized carbons (Fsp3) is 0.727. The van der Waals surface area contributed by atoms with Crippen molar-refractivity contribution in [2.24, 2.45) is 0 Å². The van der Waals surface area contributed by atoms with Gasteiger partial charge < -0.3 is 10.0 Å². The normalized spacial score (nSPS) is 17.4. The van der Waals surface area contributed by atoms with Crippen molar-refractivity contribution in [3.63, 3.8) is 0 Å². The highest BCUT2D eigenvalue weighted by molar-refractivity contribution is 7.08. The molecule has 17 heavy (non-hydrogen) atoms. The molecule has 5 nitrogen and oxygen atoms in total. The van der Waals surface area contributed by atoms with Crippen LogP contribution in [0.1, 0.15) is 41.6 Å². The Labute approximate surface area is 105 Å². The average molecular weight is 255 g/mol. The Hall–Kier alpha value is -1.01. The molecule has 0 aliphatic carbocycles. The molecule has 1 aromatic rings. The van der Waals surface area contributed by atoms with E-state index < -0.39 is 0 Å². The molecule has 0 saturated carbocycles. The van der Waals surface area contributed by atoms with Gasteiger partial charge in [0.05, 0.1) is 11.8 Å². The van der Waals surface area contributed by atoms with Crippen molar-refractivity contribution in [3.05, 3.63) is 10.6 Å². The fourth-order valence-electron chi connectivity index (χ4n) is 1.98. The van der Waals surface area contributed by atoms with Gasteiger partial charge in [-0.05, 0) is 30.8 Å². The number of piperidine rings is 1. The molecule has 1 aliphatic heterocycles. The first kappa shape index (κ1) is 12.4. The van der Waals surface area contributed by atoms with E-state index >= 15 is 0 Å². The number of likely N-dealkylation sites (tertiary alicyclic amines) is 1. The van der Waals surface area contributed by atoms with E-state index in [4.69, 9.17) is 0 Å². The molecule has 1 fully saturated rings. The van der Waals surface area contributed by atoms with Gasteiger partial charge in [-0.3, -0.25) is 4.79 Å². The van der Waals surface area contributed by atoms with Crippen LogP contribution in [0.2, 0.25) is 0 Å². The van der Waals surface area contributed by atoms with E-state index in [9.17, 15) is 9.90 Å². The summed E-state index contributed by atoms with van der Waals surface area (Å²) in [6.45, 7) is 3.32. The molecule has 94 valence electrons. The zero-order valence-corrected chi connectivity index (χ0v) is 10.7. The van der Waals surface area contributed by atoms with E-state index in [1.807, 2.05) is 0 Å². The Balaban J connectivity index is 2.06. The predicted octanol–water partition coefficient (Wildman–Crippen LogP) is 1.09. The zero-order valence-electron chi connectivity index (χ0n) is 9.93. The molecule has 6 heteroatoms. The van der Waals surface area contributed by atoms with Crippen LogP contribution in [-0.2, 0) is 6.42 Å². The van der Waals surface area contributed by atoms with Crippen LogP contribution in [0.3, 0.4) is 0 Å². The number of hydrogen-bond donors (Lipinski definition) is 1. The van der Waals surface area contributed by atoms with Gasteiger partial charge in [0.2, 0.25) is 0 Å². The molecule has 0 aromatic carbocycles. The molecular weight excluding hydrogens is 238 g/mol. The summed E-state index contributed by atoms with van der Waals surface area (Å²) in [6.07, 6.45) is 2.84. The molecule has 1 saturated heterocycles. The predicted molar refractivity (Wildman–Crippen MR) is 65.0 cm³/mol. The van der Waals surface area contributed by atoms with Crippen molar-refractivity contribution in [2.45, 2.75) is 38.7 Å². The maximum atomic E-state index is 12.2. The number of amides is 1. The van der Waals surface area contributed by atoms with Crippen molar-refractivity contribution in [1.29, 1.82) is 0 Å². The van der Waals surface area contributed by atoms with Crippen LogP contribution < -0.4 is 0 Å². The number of hydrogen-bond acceptors (Lipinski definition) is 5. The van der Waals surface area contributed by atoms with Crippen molar-refractivity contribution in [3.8, 4) is 0 Å². The highest BCUT2D eigenvalue weighted by Gasteiger charge is 2.25. The Morgan fingerprint density at radius 3 is 2.88 bits per heavy atom. The fourth-order valence-corrected chi connectivity index (χ4v) is 2.66. The number of nitrogens with zero attached hydrogens (tertiary/aromatic N) is 3. The molecule has 2 heterocycles. The third kappa shape index (κ3) is 2.81. The Morgan fingerprint density at radius 1 is 1.53 bits per heavy atom. The smallest absolute Gasteiger partial charge is 0.267 e. The number of aliphatic hydroxyl groups is 1. The van der Waals surface area contributed by atoms with E-state index in [1.54, 1.807) is 4.90 Å². The molecule has 0 bridgehead atoms. The largest absolute Gasteiger partial charge is 0.393 e. The molecule has 1 N–H and O–H groups in total. The Bertz CT molecular complexity index is 386. The standard InChI is InChI=1S/C11H17N3O2S/c1-2-3-9-10(17-13-12-9)11(16)14-6-4-8(15)5-7-14/h8,15H,2-7H2,1H3. The summed E-state index contributed by atoms with van der Waals surface area (Å²) in [6, 6.07) is 0. The first-order chi connectivity index (χ1) is 8.22. The summed E-state index contributed by atoms with van der Waals surface area (Å²) in [5.74, 6) is 0.0235. The lowest BCUT2D eigenvalue weighted by atomic mass is 10.1. The minimum atomic E-state index is -0.256. The van der Waals surface area contributed by atoms with Crippen molar-refractivity contribution >= 4 is 17.4 Å². The number of carbonyl (C=O) groups is 1. The third-order valence-electron chi connectivity index (χ3n) is 2.99. The summed E-state index contributed by atoms with van der Waals surface area (Å²) >= 11 is 1.18. The van der Waals surface area contributed by atoms with Crippen LogP contribution >= 0.6 is 11.5 Å². The number of aromatic nitrogens is 2. The van der Waals surface area contributed by atoms with Crippen LogP contribution in [0.15, 0.2) is 0 Å². The summed E-state index contributed by atoms with van der Waals surface area (Å²) in [7, 11) is 0. The van der Waals surface area contributed by atoms with Crippen LogP contribution in [0.4, 0.5) is 0 Å². The Morgan fingerprint density at radius 2 is 2.24 bits per heavy atom. The van der Waals surface area contributed by atoms with Crippen LogP contribution in [0, 0.1) is 0 Å². The lowest BCUT2D eigenvalue weighted by Crippen LogP contribution is -2.40. The van der Waals surface area contributed by atoms with Gasteiger partial charge in [0, 0.05) is 13.1 Å². The third-order valence-corrected chi connectivity index (χ3v) is 3.74. The summed E-state index contributed by atoms with van der Waals surface area (Å²) < 4.78 is 3.87. The molecule has 1 aliphatic rings. The first-order valence-corrected chi connectivity index (χ1v) is 6.78. The molecule has 0 unspecified atom stereocenters. The van der Waals surface area contributed by atoms with E-state index in [1.165, 1.54) is 11.5 Å². The lowest BCUT2D eigenvalue weighted by Gasteiger charge is -2.29. The lowest BCUT2D eigenvalue weighted by molar-refractivity contribution is 0.0549. The molecular formula is C11H17N3O2S. The summed E-state index contributed by atoms with van der Waals surface area (Å²) in [5.41, 5.74) is 0.814. The number of carbonyl (C=O) groups excluding carboxylic acids is 1. The minimum Gasteiger partial charge on any atom is -0.393 e. The SMILES string of the molecule is CCCc1nnsc1C(=O)N1CCC(O)CC1. The topological polar surface area (TPSA) is 66.3 Å². The van der Waals surface area contributed by atoms with Crippen molar-refractivity contribution < 1.29 is 9.90 Å². The quantitative estimate of drug-likeness (QED) is 0.878. The van der Waals surface area contributed by atoms with E-state index in [0.29, 0.717) is 30.8 Å². The summed E-state index contributed by atoms with van der Waals surface area (Å²) in [4.78, 5) is 14.7. The minimum absolute atomic E-state index is 0.0235. The van der Waals surface area contributed by atoms with Crippen LogP contribution in [0.5, 0.6) is 0 Å². The maximum Gasteiger partial charge on any atom is 0.267 e. The molecule has 2 rings (SSSR count). The number of aryl methyl sites for hydroxylation is 1. The molecule has 0 spiro atoms. The maximum absolute atomic E-state index is 12.2. The van der Waals surface area contributed by atoms with Crippen molar-refractivity contribution in [2.75, 3.05) is 13.1 Å². The van der Waals surface area contributed by atoms with Gasteiger partial charge in [-0.1, -0.05) is 17.8 Å². The first-order valence-electron chi connectivity index (χ1n) is 6.01. The van der Waals surface area contributed by atoms with E-state index in [2.05, 4.69) is 16.5 Å². The van der Waals surface area contributed by atoms with Gasteiger partial charge in [-0.2, -0.15) is 0 Å². The van der Waals surface area contributed by atoms with Gasteiger partial charge in [0.1, 0.15) is 4.88 Å². The second kappa shape index (κ2) is 5.55. The molecule has 0 radical (unpaired) electrons. The summed E-state index contributed by atoms with van der Waals surface area (Å²) in [5, 5.41) is 13.4.